The fourth-order valence-electron chi connectivity index (χ4n) is 5.22. The molecule has 120 valence electrons. The Kier molecular flexibility index (Phi) is 4.28. The minimum atomic E-state index is -0.456. The highest BCUT2D eigenvalue weighted by Crippen LogP contribution is 2.48. The summed E-state index contributed by atoms with van der Waals surface area (Å²) in [7, 11) is 5.63. The molecule has 3 fully saturated rings. The first-order chi connectivity index (χ1) is 10.1. The van der Waals surface area contributed by atoms with E-state index in [1.807, 2.05) is 7.05 Å². The summed E-state index contributed by atoms with van der Waals surface area (Å²) in [6, 6.07) is 0.510. The number of ether oxygens (including phenoxy) is 1. The standard InChI is InChI=1S/C17H30N2O2/c1-18-17(16(20)21-3)7-6-15(10-17)19(2)11-14-9-12-4-5-13(14)8-12/h12-15,18H,4-11H2,1-3H3. The summed E-state index contributed by atoms with van der Waals surface area (Å²) in [5.74, 6) is 2.80. The molecule has 3 aliphatic rings. The van der Waals surface area contributed by atoms with Gasteiger partial charge < -0.3 is 15.0 Å². The van der Waals surface area contributed by atoms with Crippen LogP contribution in [-0.4, -0.2) is 50.2 Å². The molecule has 4 nitrogen and oxygen atoms in total. The molecule has 5 unspecified atom stereocenters. The molecule has 5 atom stereocenters. The Morgan fingerprint density at radius 1 is 1.33 bits per heavy atom. The maximum atomic E-state index is 12.1. The lowest BCUT2D eigenvalue weighted by molar-refractivity contribution is -0.148. The molecule has 3 rings (SSSR count). The molecule has 0 heterocycles. The summed E-state index contributed by atoms with van der Waals surface area (Å²) in [5, 5.41) is 3.23. The lowest BCUT2D eigenvalue weighted by Gasteiger charge is -2.32. The predicted octanol–water partition coefficient (Wildman–Crippen LogP) is 2.04. The SMILES string of the molecule is CNC1(C(=O)OC)CCC(N(C)CC2CC3CCC2C3)C1. The Labute approximate surface area is 128 Å². The summed E-state index contributed by atoms with van der Waals surface area (Å²) in [6.45, 7) is 1.22. The van der Waals surface area contributed by atoms with Crippen molar-refractivity contribution < 1.29 is 9.53 Å². The van der Waals surface area contributed by atoms with Crippen LogP contribution in [0.15, 0.2) is 0 Å². The van der Waals surface area contributed by atoms with Crippen LogP contribution in [0.4, 0.5) is 0 Å². The van der Waals surface area contributed by atoms with Crippen molar-refractivity contribution in [1.29, 1.82) is 0 Å². The number of fused-ring (bicyclic) bond motifs is 2. The molecular formula is C17H30N2O2. The third-order valence-electron chi connectivity index (χ3n) is 6.57. The van der Waals surface area contributed by atoms with Gasteiger partial charge in [0, 0.05) is 12.6 Å². The van der Waals surface area contributed by atoms with Crippen LogP contribution in [0.3, 0.4) is 0 Å². The van der Waals surface area contributed by atoms with Crippen molar-refractivity contribution in [3.8, 4) is 0 Å². The van der Waals surface area contributed by atoms with E-state index in [4.69, 9.17) is 4.74 Å². The van der Waals surface area contributed by atoms with E-state index in [0.29, 0.717) is 6.04 Å². The Hall–Kier alpha value is -0.610. The van der Waals surface area contributed by atoms with Gasteiger partial charge in [-0.3, -0.25) is 4.79 Å². The van der Waals surface area contributed by atoms with Gasteiger partial charge in [-0.15, -0.1) is 0 Å². The molecular weight excluding hydrogens is 264 g/mol. The number of esters is 1. The van der Waals surface area contributed by atoms with Crippen LogP contribution >= 0.6 is 0 Å². The second-order valence-corrected chi connectivity index (χ2v) is 7.59. The van der Waals surface area contributed by atoms with Crippen molar-refractivity contribution in [3.05, 3.63) is 0 Å². The molecule has 0 spiro atoms. The molecule has 2 bridgehead atoms. The number of carbonyl (C=O) groups is 1. The molecule has 0 aliphatic heterocycles. The van der Waals surface area contributed by atoms with Crippen molar-refractivity contribution in [3.63, 3.8) is 0 Å². The Balaban J connectivity index is 1.56. The fraction of sp³-hybridized carbons (Fsp3) is 0.941. The van der Waals surface area contributed by atoms with Crippen molar-refractivity contribution in [2.24, 2.45) is 17.8 Å². The van der Waals surface area contributed by atoms with Crippen molar-refractivity contribution in [1.82, 2.24) is 10.2 Å². The molecule has 0 aromatic heterocycles. The summed E-state index contributed by atoms with van der Waals surface area (Å²) < 4.78 is 5.01. The van der Waals surface area contributed by atoms with Crippen molar-refractivity contribution in [2.45, 2.75) is 56.5 Å². The normalized spacial score (nSPS) is 41.9. The van der Waals surface area contributed by atoms with Gasteiger partial charge in [0.15, 0.2) is 0 Å². The molecule has 4 heteroatoms. The largest absolute Gasteiger partial charge is 0.468 e. The number of carbonyl (C=O) groups excluding carboxylic acids is 1. The Morgan fingerprint density at radius 3 is 2.71 bits per heavy atom. The summed E-state index contributed by atoms with van der Waals surface area (Å²) in [6.07, 6.45) is 8.71. The molecule has 21 heavy (non-hydrogen) atoms. The lowest BCUT2D eigenvalue weighted by Crippen LogP contribution is -2.50. The smallest absolute Gasteiger partial charge is 0.326 e. The number of rotatable bonds is 5. The van der Waals surface area contributed by atoms with Crippen LogP contribution in [0.1, 0.15) is 44.9 Å². The highest BCUT2D eigenvalue weighted by atomic mass is 16.5. The molecule has 0 aromatic carbocycles. The van der Waals surface area contributed by atoms with Crippen molar-refractivity contribution in [2.75, 3.05) is 27.7 Å². The highest BCUT2D eigenvalue weighted by Gasteiger charge is 2.47. The van der Waals surface area contributed by atoms with Gasteiger partial charge in [0.25, 0.3) is 0 Å². The maximum absolute atomic E-state index is 12.1. The van der Waals surface area contributed by atoms with E-state index in [1.165, 1.54) is 39.3 Å². The zero-order valence-electron chi connectivity index (χ0n) is 13.7. The first-order valence-corrected chi connectivity index (χ1v) is 8.55. The minimum absolute atomic E-state index is 0.0965. The first kappa shape index (κ1) is 15.3. The number of hydrogen-bond acceptors (Lipinski definition) is 4. The van der Waals surface area contributed by atoms with E-state index in [1.54, 1.807) is 0 Å². The molecule has 0 aromatic rings. The van der Waals surface area contributed by atoms with Gasteiger partial charge >= 0.3 is 5.97 Å². The first-order valence-electron chi connectivity index (χ1n) is 8.55. The number of methoxy groups -OCH3 is 1. The van der Waals surface area contributed by atoms with E-state index < -0.39 is 5.54 Å². The van der Waals surface area contributed by atoms with E-state index in [0.717, 1.165) is 37.0 Å². The van der Waals surface area contributed by atoms with E-state index >= 15 is 0 Å². The Morgan fingerprint density at radius 2 is 2.14 bits per heavy atom. The van der Waals surface area contributed by atoms with Gasteiger partial charge in [-0.05, 0) is 70.4 Å². The van der Waals surface area contributed by atoms with E-state index in [9.17, 15) is 4.79 Å². The average Bonchev–Trinajstić information content (AvgIpc) is 3.21. The monoisotopic (exact) mass is 294 g/mol. The predicted molar refractivity (Wildman–Crippen MR) is 83.0 cm³/mol. The third-order valence-corrected chi connectivity index (χ3v) is 6.57. The second kappa shape index (κ2) is 5.88. The third kappa shape index (κ3) is 2.72. The number of nitrogens with zero attached hydrogens (tertiary/aromatic N) is 1. The fourth-order valence-corrected chi connectivity index (χ4v) is 5.22. The van der Waals surface area contributed by atoms with Gasteiger partial charge in [0.05, 0.1) is 7.11 Å². The van der Waals surface area contributed by atoms with Crippen molar-refractivity contribution >= 4 is 5.97 Å². The lowest BCUT2D eigenvalue weighted by atomic mass is 9.88. The van der Waals surface area contributed by atoms with Crippen LogP contribution < -0.4 is 5.32 Å². The summed E-state index contributed by atoms with van der Waals surface area (Å²) >= 11 is 0. The van der Waals surface area contributed by atoms with Crippen LogP contribution in [0.25, 0.3) is 0 Å². The van der Waals surface area contributed by atoms with Gasteiger partial charge in [0.2, 0.25) is 0 Å². The zero-order chi connectivity index (χ0) is 15.0. The van der Waals surface area contributed by atoms with E-state index in [-0.39, 0.29) is 5.97 Å². The van der Waals surface area contributed by atoms with Crippen LogP contribution in [-0.2, 0) is 9.53 Å². The maximum Gasteiger partial charge on any atom is 0.326 e. The molecule has 3 aliphatic carbocycles. The quantitative estimate of drug-likeness (QED) is 0.788. The number of likely N-dealkylation sites (N-methyl/N-ethyl adjacent to an activating group) is 1. The number of nitrogens with one attached hydrogen (secondary N) is 1. The van der Waals surface area contributed by atoms with Gasteiger partial charge in [-0.25, -0.2) is 0 Å². The average molecular weight is 294 g/mol. The Bertz CT molecular complexity index is 400. The zero-order valence-corrected chi connectivity index (χ0v) is 13.7. The van der Waals surface area contributed by atoms with Gasteiger partial charge in [-0.2, -0.15) is 0 Å². The molecule has 0 amide bonds. The summed E-state index contributed by atoms with van der Waals surface area (Å²) in [4.78, 5) is 14.6. The van der Waals surface area contributed by atoms with Crippen LogP contribution in [0.5, 0.6) is 0 Å². The van der Waals surface area contributed by atoms with Crippen LogP contribution in [0.2, 0.25) is 0 Å². The second-order valence-electron chi connectivity index (χ2n) is 7.59. The minimum Gasteiger partial charge on any atom is -0.468 e. The topological polar surface area (TPSA) is 41.6 Å². The highest BCUT2D eigenvalue weighted by molar-refractivity contribution is 5.81. The van der Waals surface area contributed by atoms with Gasteiger partial charge in [-0.1, -0.05) is 6.42 Å². The van der Waals surface area contributed by atoms with Gasteiger partial charge in [0.1, 0.15) is 5.54 Å². The number of hydrogen-bond donors (Lipinski definition) is 1. The van der Waals surface area contributed by atoms with E-state index in [2.05, 4.69) is 17.3 Å². The van der Waals surface area contributed by atoms with Crippen LogP contribution in [0, 0.1) is 17.8 Å². The molecule has 3 saturated carbocycles. The molecule has 0 radical (unpaired) electrons. The molecule has 0 saturated heterocycles. The summed E-state index contributed by atoms with van der Waals surface area (Å²) in [5.41, 5.74) is -0.456. The molecule has 1 N–H and O–H groups in total.